The lowest BCUT2D eigenvalue weighted by Gasteiger charge is -2.17. The van der Waals surface area contributed by atoms with Crippen LogP contribution in [0.4, 0.5) is 0 Å². The average Bonchev–Trinajstić information content (AvgIpc) is 3.98. The predicted octanol–water partition coefficient (Wildman–Crippen LogP) is 15.3. The molecule has 12 rings (SSSR count). The van der Waals surface area contributed by atoms with Gasteiger partial charge in [0.05, 0.1) is 27.7 Å². The van der Waals surface area contributed by atoms with E-state index in [0.29, 0.717) is 34.3 Å². The van der Waals surface area contributed by atoms with Crippen LogP contribution in [0.25, 0.3) is 115 Å². The Labute approximate surface area is 374 Å². The Hall–Kier alpha value is -7.99. The summed E-state index contributed by atoms with van der Waals surface area (Å²) in [5.41, 5.74) is 7.96. The number of hydrogen-bond donors (Lipinski definition) is 0. The number of rotatable bonds is 7. The van der Waals surface area contributed by atoms with E-state index < -0.39 is 36.3 Å². The minimum absolute atomic E-state index is 0.0109. The van der Waals surface area contributed by atoms with Crippen molar-refractivity contribution in [2.75, 3.05) is 0 Å². The van der Waals surface area contributed by atoms with Crippen LogP contribution in [0, 0.1) is 0 Å². The number of hydrogen-bond acceptors (Lipinski definition) is 4. The monoisotopic (exact) mass is 816 g/mol. The van der Waals surface area contributed by atoms with E-state index in [0.717, 1.165) is 38.9 Å². The maximum Gasteiger partial charge on any atom is 0.164 e. The Kier molecular flexibility index (Phi) is 6.86. The van der Waals surface area contributed by atoms with E-state index in [-0.39, 0.29) is 33.9 Å². The molecular formula is C57H36N4S. The minimum atomic E-state index is -0.509. The van der Waals surface area contributed by atoms with E-state index in [9.17, 15) is 2.74 Å². The van der Waals surface area contributed by atoms with Crippen LogP contribution in [-0.2, 0) is 0 Å². The standard InChI is InChI=1S/C57H36N4S/c1-3-15-37(16-4-1)41-19-13-20-42(35-41)44-34-33-43(36-52(44)61-50-26-10-7-21-46(50)47-22-8-11-27-51(47)61)57-59-55(39-17-5-2-6-18-39)58-56(60-57)40-31-29-38(30-32-40)45-24-14-25-49-48-23-9-12-28-53(48)62-54(45)49/h1-36H/i7D,8D,10D,11D,21D,22D,26D,27D. The third kappa shape index (κ3) is 6.18. The molecule has 0 amide bonds. The normalized spacial score (nSPS) is 13.4. The Morgan fingerprint density at radius 2 is 0.903 bits per heavy atom. The van der Waals surface area contributed by atoms with Crippen molar-refractivity contribution >= 4 is 53.3 Å². The van der Waals surface area contributed by atoms with Crippen molar-refractivity contribution < 1.29 is 11.0 Å². The molecule has 4 nitrogen and oxygen atoms in total. The summed E-state index contributed by atoms with van der Waals surface area (Å²) in [5, 5.41) is 2.43. The Bertz CT molecular complexity index is 4020. The lowest BCUT2D eigenvalue weighted by molar-refractivity contribution is 1.07. The van der Waals surface area contributed by atoms with Crippen LogP contribution in [-0.4, -0.2) is 19.5 Å². The summed E-state index contributed by atoms with van der Waals surface area (Å²) in [6.07, 6.45) is 0. The highest BCUT2D eigenvalue weighted by molar-refractivity contribution is 7.26. The van der Waals surface area contributed by atoms with Gasteiger partial charge in [0.2, 0.25) is 0 Å². The second-order valence-electron chi connectivity index (χ2n) is 15.0. The maximum atomic E-state index is 9.36. The molecule has 290 valence electrons. The van der Waals surface area contributed by atoms with Crippen LogP contribution in [0.2, 0.25) is 0 Å². The van der Waals surface area contributed by atoms with Crippen LogP contribution in [0.3, 0.4) is 0 Å². The zero-order valence-corrected chi connectivity index (χ0v) is 33.7. The molecule has 0 spiro atoms. The summed E-state index contributed by atoms with van der Waals surface area (Å²) in [6, 6.07) is 52.6. The minimum Gasteiger partial charge on any atom is -0.309 e. The molecule has 0 saturated heterocycles. The average molecular weight is 817 g/mol. The van der Waals surface area contributed by atoms with Gasteiger partial charge in [-0.2, -0.15) is 0 Å². The first kappa shape index (κ1) is 28.5. The molecule has 0 N–H and O–H groups in total. The lowest BCUT2D eigenvalue weighted by atomic mass is 9.96. The topological polar surface area (TPSA) is 43.6 Å². The summed E-state index contributed by atoms with van der Waals surface area (Å²) in [5.74, 6) is 1.18. The summed E-state index contributed by atoms with van der Waals surface area (Å²) >= 11 is 1.78. The summed E-state index contributed by atoms with van der Waals surface area (Å²) in [7, 11) is 0. The van der Waals surface area contributed by atoms with Crippen molar-refractivity contribution in [3.05, 3.63) is 218 Å². The third-order valence-corrected chi connectivity index (χ3v) is 12.6. The quantitative estimate of drug-likeness (QED) is 0.161. The van der Waals surface area contributed by atoms with Crippen molar-refractivity contribution in [3.63, 3.8) is 0 Å². The van der Waals surface area contributed by atoms with Gasteiger partial charge >= 0.3 is 0 Å². The molecule has 3 aromatic heterocycles. The fourth-order valence-corrected chi connectivity index (χ4v) is 9.62. The summed E-state index contributed by atoms with van der Waals surface area (Å²) < 4.78 is 76.0. The van der Waals surface area contributed by atoms with E-state index in [4.69, 9.17) is 23.2 Å². The molecule has 12 aromatic rings. The molecule has 3 heterocycles. The first-order valence-electron chi connectivity index (χ1n) is 24.2. The molecule has 0 aliphatic rings. The Morgan fingerprint density at radius 1 is 0.371 bits per heavy atom. The molecule has 0 saturated carbocycles. The van der Waals surface area contributed by atoms with Crippen LogP contribution in [0.1, 0.15) is 11.0 Å². The predicted molar refractivity (Wildman–Crippen MR) is 260 cm³/mol. The van der Waals surface area contributed by atoms with E-state index in [2.05, 4.69) is 54.6 Å². The molecule has 62 heavy (non-hydrogen) atoms. The highest BCUT2D eigenvalue weighted by atomic mass is 32.1. The number of para-hydroxylation sites is 2. The van der Waals surface area contributed by atoms with Crippen LogP contribution in [0.15, 0.2) is 218 Å². The number of nitrogens with zero attached hydrogens (tertiary/aromatic N) is 4. The first-order valence-corrected chi connectivity index (χ1v) is 21.0. The van der Waals surface area contributed by atoms with E-state index in [1.54, 1.807) is 15.9 Å². The molecule has 5 heteroatoms. The smallest absolute Gasteiger partial charge is 0.164 e. The van der Waals surface area contributed by atoms with Gasteiger partial charge in [0.1, 0.15) is 0 Å². The van der Waals surface area contributed by atoms with Crippen LogP contribution in [0.5, 0.6) is 0 Å². The van der Waals surface area contributed by atoms with Crippen LogP contribution >= 0.6 is 11.3 Å². The lowest BCUT2D eigenvalue weighted by Crippen LogP contribution is -2.02. The molecular weight excluding hydrogens is 773 g/mol. The zero-order chi connectivity index (χ0) is 47.9. The number of aromatic nitrogens is 4. The van der Waals surface area contributed by atoms with Gasteiger partial charge in [0.25, 0.3) is 0 Å². The third-order valence-electron chi connectivity index (χ3n) is 11.3. The van der Waals surface area contributed by atoms with Crippen molar-refractivity contribution in [1.82, 2.24) is 19.5 Å². The van der Waals surface area contributed by atoms with Gasteiger partial charge in [-0.25, -0.2) is 15.0 Å². The summed E-state index contributed by atoms with van der Waals surface area (Å²) in [6.45, 7) is 0. The molecule has 0 aliphatic heterocycles. The number of fused-ring (bicyclic) bond motifs is 6. The van der Waals surface area contributed by atoms with E-state index >= 15 is 0 Å². The number of thiophene rings is 1. The highest BCUT2D eigenvalue weighted by Gasteiger charge is 2.20. The van der Waals surface area contributed by atoms with Crippen molar-refractivity contribution in [2.24, 2.45) is 0 Å². The molecule has 0 bridgehead atoms. The fourth-order valence-electron chi connectivity index (χ4n) is 8.38. The van der Waals surface area contributed by atoms with Gasteiger partial charge in [-0.1, -0.05) is 188 Å². The van der Waals surface area contributed by atoms with Crippen molar-refractivity contribution in [3.8, 4) is 73.2 Å². The second kappa shape index (κ2) is 14.9. The van der Waals surface area contributed by atoms with Gasteiger partial charge in [0, 0.05) is 53.2 Å². The molecule has 0 radical (unpaired) electrons. The van der Waals surface area contributed by atoms with Crippen molar-refractivity contribution in [1.29, 1.82) is 0 Å². The highest BCUT2D eigenvalue weighted by Crippen LogP contribution is 2.42. The SMILES string of the molecule is [2H]c1c([2H])c([2H])c2c(c1[2H])c1c([2H])c([2H])c([2H])c([2H])c1n2-c1cc(-c2nc(-c3ccccc3)nc(-c3ccc(-c4cccc5c4sc4ccccc45)cc3)n2)ccc1-c1cccc(-c2ccccc2)c1. The van der Waals surface area contributed by atoms with Gasteiger partial charge in [-0.05, 0) is 58.1 Å². The maximum absolute atomic E-state index is 9.36. The molecule has 0 atom stereocenters. The molecule has 0 unspecified atom stereocenters. The van der Waals surface area contributed by atoms with Gasteiger partial charge in [-0.15, -0.1) is 11.3 Å². The first-order chi connectivity index (χ1) is 34.0. The largest absolute Gasteiger partial charge is 0.309 e. The van der Waals surface area contributed by atoms with E-state index in [1.807, 2.05) is 115 Å². The fraction of sp³-hybridized carbons (Fsp3) is 0. The Balaban J connectivity index is 1.10. The number of benzene rings is 9. The van der Waals surface area contributed by atoms with Crippen LogP contribution < -0.4 is 0 Å². The second-order valence-corrected chi connectivity index (χ2v) is 16.0. The van der Waals surface area contributed by atoms with Gasteiger partial charge in [-0.3, -0.25) is 0 Å². The van der Waals surface area contributed by atoms with Gasteiger partial charge < -0.3 is 4.57 Å². The summed E-state index contributed by atoms with van der Waals surface area (Å²) in [4.78, 5) is 15.2. The molecule has 9 aromatic carbocycles. The van der Waals surface area contributed by atoms with Crippen molar-refractivity contribution in [2.45, 2.75) is 0 Å². The Morgan fingerprint density at radius 3 is 1.63 bits per heavy atom. The molecule has 0 fully saturated rings. The molecule has 0 aliphatic carbocycles. The van der Waals surface area contributed by atoms with Gasteiger partial charge in [0.15, 0.2) is 17.5 Å². The zero-order valence-electron chi connectivity index (χ0n) is 40.9. The van der Waals surface area contributed by atoms with E-state index in [1.165, 1.54) is 20.2 Å².